The first-order valence-corrected chi connectivity index (χ1v) is 14.1. The molecular formula is C29H44O9. The summed E-state index contributed by atoms with van der Waals surface area (Å²) in [7, 11) is 0. The van der Waals surface area contributed by atoms with Gasteiger partial charge in [0.15, 0.2) is 5.78 Å². The topological polar surface area (TPSA) is 165 Å². The van der Waals surface area contributed by atoms with Crippen LogP contribution in [0, 0.1) is 34.5 Å². The molecule has 1 saturated heterocycles. The summed E-state index contributed by atoms with van der Waals surface area (Å²) in [6, 6.07) is 0. The zero-order chi connectivity index (χ0) is 28.2. The van der Waals surface area contributed by atoms with Gasteiger partial charge in [-0.3, -0.25) is 9.59 Å². The Labute approximate surface area is 223 Å². The van der Waals surface area contributed by atoms with Crippen molar-refractivity contribution >= 4 is 11.8 Å². The molecule has 6 N–H and O–H groups in total. The van der Waals surface area contributed by atoms with Gasteiger partial charge < -0.3 is 35.4 Å². The minimum Gasteiger partial charge on any atom is -0.462 e. The predicted molar refractivity (Wildman–Crippen MR) is 135 cm³/mol. The molecule has 4 fully saturated rings. The first-order chi connectivity index (χ1) is 17.4. The molecule has 1 heterocycles. The first kappa shape index (κ1) is 28.2. The Morgan fingerprint density at radius 2 is 1.66 bits per heavy atom. The van der Waals surface area contributed by atoms with E-state index in [1.54, 1.807) is 27.7 Å². The van der Waals surface area contributed by atoms with Crippen LogP contribution in [-0.2, 0) is 14.3 Å². The second kappa shape index (κ2) is 8.57. The van der Waals surface area contributed by atoms with E-state index in [0.717, 1.165) is 0 Å². The van der Waals surface area contributed by atoms with Crippen molar-refractivity contribution in [2.24, 2.45) is 34.5 Å². The third kappa shape index (κ3) is 3.45. The molecule has 5 rings (SSSR count). The number of carbonyl (C=O) groups is 2. The second-order valence-electron chi connectivity index (χ2n) is 13.8. The maximum absolute atomic E-state index is 13.4. The standard InChI is InChI=1S/C29H44O9/c1-14-16(15(2)38-24(14)34)10-22(32)27(5,35)21-7-9-28(36)18-11-23(33)29(37)13-20(31)19(30)12-26(29,4)17(18)6-8-25(21,28)3/h11,14-17,19-22,30-32,35-37H,6-10,12-13H2,1-5H3/t14-,15-,16+,17+,19+,20-,21+,22-,25-,26-,27-,28-,29-/m1/s1. The highest BCUT2D eigenvalue weighted by molar-refractivity contribution is 6.00. The van der Waals surface area contributed by atoms with Gasteiger partial charge in [0.2, 0.25) is 0 Å². The number of fused-ring (bicyclic) bond motifs is 5. The van der Waals surface area contributed by atoms with Gasteiger partial charge in [-0.1, -0.05) is 20.8 Å². The van der Waals surface area contributed by atoms with E-state index < -0.39 is 57.6 Å². The van der Waals surface area contributed by atoms with Crippen LogP contribution < -0.4 is 0 Å². The fourth-order valence-electron chi connectivity index (χ4n) is 9.38. The normalized spacial score (nSPS) is 52.8. The van der Waals surface area contributed by atoms with Gasteiger partial charge in [-0.05, 0) is 75.9 Å². The van der Waals surface area contributed by atoms with E-state index in [-0.39, 0.29) is 55.5 Å². The average Bonchev–Trinajstić information content (AvgIpc) is 3.24. The molecule has 5 aliphatic rings. The zero-order valence-electron chi connectivity index (χ0n) is 23.1. The van der Waals surface area contributed by atoms with Crippen molar-refractivity contribution in [1.82, 2.24) is 0 Å². The monoisotopic (exact) mass is 536 g/mol. The molecule has 1 aliphatic heterocycles. The maximum atomic E-state index is 13.4. The van der Waals surface area contributed by atoms with Crippen molar-refractivity contribution in [3.8, 4) is 0 Å². The van der Waals surface area contributed by atoms with Crippen molar-refractivity contribution < 1.29 is 45.0 Å². The summed E-state index contributed by atoms with van der Waals surface area (Å²) in [5, 5.41) is 67.8. The lowest BCUT2D eigenvalue weighted by Gasteiger charge is -2.62. The van der Waals surface area contributed by atoms with Crippen LogP contribution in [0.1, 0.15) is 79.6 Å². The van der Waals surface area contributed by atoms with Gasteiger partial charge in [-0.15, -0.1) is 0 Å². The highest BCUT2D eigenvalue weighted by Crippen LogP contribution is 2.69. The number of esters is 1. The SMILES string of the molecule is C[C@H]1OC(=O)[C@H](C)[C@@H]1C[C@@H](O)[C@](C)(O)[C@H]1CC[C@@]2(O)C3=CC(=O)[C@]4(O)C[C@@H](O)[C@@H](O)C[C@]4(C)[C@H]3CC[C@]12C. The largest absolute Gasteiger partial charge is 0.462 e. The van der Waals surface area contributed by atoms with Gasteiger partial charge in [0, 0.05) is 23.2 Å². The number of cyclic esters (lactones) is 1. The molecule has 0 radical (unpaired) electrons. The van der Waals surface area contributed by atoms with Crippen LogP contribution in [0.3, 0.4) is 0 Å². The number of ketones is 1. The summed E-state index contributed by atoms with van der Waals surface area (Å²) >= 11 is 0. The predicted octanol–water partition coefficient (Wildman–Crippen LogP) is 1.01. The molecule has 0 aromatic heterocycles. The van der Waals surface area contributed by atoms with Gasteiger partial charge in [0.05, 0.1) is 35.4 Å². The molecule has 4 aliphatic carbocycles. The van der Waals surface area contributed by atoms with Gasteiger partial charge >= 0.3 is 5.97 Å². The van der Waals surface area contributed by atoms with E-state index in [9.17, 15) is 40.2 Å². The number of aliphatic hydroxyl groups excluding tert-OH is 3. The van der Waals surface area contributed by atoms with E-state index in [4.69, 9.17) is 4.74 Å². The third-order valence-electron chi connectivity index (χ3n) is 12.1. The maximum Gasteiger partial charge on any atom is 0.309 e. The molecule has 13 atom stereocenters. The Morgan fingerprint density at radius 1 is 1.03 bits per heavy atom. The summed E-state index contributed by atoms with van der Waals surface area (Å²) in [6.45, 7) is 8.83. The van der Waals surface area contributed by atoms with Crippen LogP contribution in [0.4, 0.5) is 0 Å². The third-order valence-corrected chi connectivity index (χ3v) is 12.1. The van der Waals surface area contributed by atoms with Crippen LogP contribution in [0.15, 0.2) is 11.6 Å². The van der Waals surface area contributed by atoms with E-state index in [1.807, 2.05) is 6.92 Å². The van der Waals surface area contributed by atoms with Crippen molar-refractivity contribution in [1.29, 1.82) is 0 Å². The van der Waals surface area contributed by atoms with Crippen LogP contribution >= 0.6 is 0 Å². The summed E-state index contributed by atoms with van der Waals surface area (Å²) in [6.07, 6.45) is -0.805. The smallest absolute Gasteiger partial charge is 0.309 e. The Bertz CT molecular complexity index is 1050. The number of hydrogen-bond acceptors (Lipinski definition) is 9. The fourth-order valence-corrected chi connectivity index (χ4v) is 9.38. The number of ether oxygens (including phenoxy) is 1. The number of aliphatic hydroxyl groups is 6. The molecule has 0 aromatic carbocycles. The van der Waals surface area contributed by atoms with Crippen LogP contribution in [-0.4, -0.2) is 83.6 Å². The molecule has 0 unspecified atom stereocenters. The molecule has 0 amide bonds. The van der Waals surface area contributed by atoms with Crippen LogP contribution in [0.2, 0.25) is 0 Å². The molecule has 214 valence electrons. The minimum atomic E-state index is -1.84. The Balaban J connectivity index is 1.47. The molecule has 0 spiro atoms. The summed E-state index contributed by atoms with van der Waals surface area (Å²) in [5.41, 5.74) is -6.26. The minimum absolute atomic E-state index is 0.0314. The van der Waals surface area contributed by atoms with E-state index in [1.165, 1.54) is 6.08 Å². The summed E-state index contributed by atoms with van der Waals surface area (Å²) < 4.78 is 5.33. The van der Waals surface area contributed by atoms with E-state index in [0.29, 0.717) is 24.8 Å². The Kier molecular flexibility index (Phi) is 6.36. The van der Waals surface area contributed by atoms with E-state index in [2.05, 4.69) is 0 Å². The molecule has 38 heavy (non-hydrogen) atoms. The average molecular weight is 537 g/mol. The van der Waals surface area contributed by atoms with Gasteiger partial charge in [-0.2, -0.15) is 0 Å². The summed E-state index contributed by atoms with van der Waals surface area (Å²) in [5.74, 6) is -2.39. The van der Waals surface area contributed by atoms with Gasteiger partial charge in [0.25, 0.3) is 0 Å². The Hall–Kier alpha value is -1.36. The number of carbonyl (C=O) groups excluding carboxylic acids is 2. The zero-order valence-corrected chi connectivity index (χ0v) is 23.1. The van der Waals surface area contributed by atoms with Gasteiger partial charge in [-0.25, -0.2) is 0 Å². The second-order valence-corrected chi connectivity index (χ2v) is 13.8. The molecule has 9 heteroatoms. The highest BCUT2D eigenvalue weighted by Gasteiger charge is 2.72. The van der Waals surface area contributed by atoms with Gasteiger partial charge in [0.1, 0.15) is 11.7 Å². The van der Waals surface area contributed by atoms with Crippen molar-refractivity contribution in [2.45, 2.75) is 121 Å². The number of rotatable bonds is 4. The lowest BCUT2D eigenvalue weighted by molar-refractivity contribution is -0.211. The fraction of sp³-hybridized carbons (Fsp3) is 0.862. The molecule has 9 nitrogen and oxygen atoms in total. The first-order valence-electron chi connectivity index (χ1n) is 14.1. The number of hydrogen-bond donors (Lipinski definition) is 6. The molecular weight excluding hydrogens is 492 g/mol. The van der Waals surface area contributed by atoms with E-state index >= 15 is 0 Å². The summed E-state index contributed by atoms with van der Waals surface area (Å²) in [4.78, 5) is 25.4. The molecule has 0 bridgehead atoms. The van der Waals surface area contributed by atoms with Crippen LogP contribution in [0.5, 0.6) is 0 Å². The van der Waals surface area contributed by atoms with Crippen LogP contribution in [0.25, 0.3) is 0 Å². The highest BCUT2D eigenvalue weighted by atomic mass is 16.6. The Morgan fingerprint density at radius 3 is 2.26 bits per heavy atom. The van der Waals surface area contributed by atoms with Crippen molar-refractivity contribution in [3.05, 3.63) is 11.6 Å². The van der Waals surface area contributed by atoms with Crippen molar-refractivity contribution in [2.75, 3.05) is 0 Å². The lowest BCUT2D eigenvalue weighted by Crippen LogP contribution is -2.69. The quantitative estimate of drug-likeness (QED) is 0.288. The molecule has 3 saturated carbocycles. The van der Waals surface area contributed by atoms with Crippen molar-refractivity contribution in [3.63, 3.8) is 0 Å². The molecule has 0 aromatic rings. The lowest BCUT2D eigenvalue weighted by atomic mass is 9.44.